The zero-order valence-electron chi connectivity index (χ0n) is 18.8. The Hall–Kier alpha value is -2.95. The molecule has 0 aliphatic heterocycles. The van der Waals surface area contributed by atoms with Crippen molar-refractivity contribution in [3.05, 3.63) is 93.3 Å². The minimum atomic E-state index is -4.97. The summed E-state index contributed by atoms with van der Waals surface area (Å²) in [4.78, 5) is 25.7. The molecule has 3 aromatic rings. The van der Waals surface area contributed by atoms with E-state index in [1.165, 1.54) is 12.1 Å². The van der Waals surface area contributed by atoms with E-state index in [4.69, 9.17) is 40.5 Å². The first kappa shape index (κ1) is 28.1. The molecule has 4 rings (SSSR count). The van der Waals surface area contributed by atoms with Crippen molar-refractivity contribution in [3.63, 3.8) is 0 Å². The van der Waals surface area contributed by atoms with Crippen LogP contribution in [0.3, 0.4) is 0 Å². The molecule has 38 heavy (non-hydrogen) atoms. The van der Waals surface area contributed by atoms with Crippen molar-refractivity contribution < 1.29 is 35.9 Å². The molecule has 1 saturated carbocycles. The summed E-state index contributed by atoms with van der Waals surface area (Å²) in [5.41, 5.74) is 2.76. The second kappa shape index (κ2) is 9.98. The van der Waals surface area contributed by atoms with E-state index in [0.717, 1.165) is 24.3 Å². The molecule has 0 saturated heterocycles. The van der Waals surface area contributed by atoms with Crippen LogP contribution in [0, 0.1) is 23.4 Å². The Morgan fingerprint density at radius 1 is 0.974 bits per heavy atom. The van der Waals surface area contributed by atoms with Gasteiger partial charge in [0.15, 0.2) is 11.6 Å². The summed E-state index contributed by atoms with van der Waals surface area (Å²) in [7, 11) is 0. The third kappa shape index (κ3) is 5.30. The highest BCUT2D eigenvalue weighted by Gasteiger charge is 2.67. The number of halogens is 9. The summed E-state index contributed by atoms with van der Waals surface area (Å²) in [6, 6.07) is 7.86. The molecule has 0 heterocycles. The van der Waals surface area contributed by atoms with Crippen LogP contribution < -0.4 is 11.1 Å². The average Bonchev–Trinajstić information content (AvgIpc) is 3.41. The highest BCUT2D eigenvalue weighted by molar-refractivity contribution is 6.53. The van der Waals surface area contributed by atoms with Gasteiger partial charge in [-0.25, -0.2) is 13.2 Å². The predicted octanol–water partition coefficient (Wildman–Crippen LogP) is 7.31. The number of carbonyl (C=O) groups excluding carboxylic acids is 2. The summed E-state index contributed by atoms with van der Waals surface area (Å²) in [6.45, 7) is 0. The van der Waals surface area contributed by atoms with E-state index in [2.05, 4.69) is 5.32 Å². The Labute approximate surface area is 226 Å². The topological polar surface area (TPSA) is 72.2 Å². The molecule has 0 radical (unpaired) electrons. The first-order valence-electron chi connectivity index (χ1n) is 10.7. The van der Waals surface area contributed by atoms with Gasteiger partial charge in [-0.3, -0.25) is 9.59 Å². The molecule has 3 aromatic carbocycles. The zero-order valence-corrected chi connectivity index (χ0v) is 21.0. The van der Waals surface area contributed by atoms with Crippen LogP contribution in [-0.4, -0.2) is 16.0 Å². The van der Waals surface area contributed by atoms with E-state index in [1.807, 2.05) is 0 Å². The van der Waals surface area contributed by atoms with Gasteiger partial charge in [0.25, 0.3) is 0 Å². The highest BCUT2D eigenvalue weighted by Crippen LogP contribution is 2.65. The van der Waals surface area contributed by atoms with E-state index >= 15 is 0 Å². The second-order valence-corrected chi connectivity index (χ2v) is 10.4. The van der Waals surface area contributed by atoms with Crippen molar-refractivity contribution in [2.75, 3.05) is 11.1 Å². The van der Waals surface area contributed by atoms with Crippen LogP contribution in [0.25, 0.3) is 0 Å². The molecule has 1 aliphatic carbocycles. The van der Waals surface area contributed by atoms with Crippen LogP contribution in [0.15, 0.2) is 48.5 Å². The largest absolute Gasteiger partial charge is 0.419 e. The quantitative estimate of drug-likeness (QED) is 0.136. The van der Waals surface area contributed by atoms with Gasteiger partial charge in [-0.05, 0) is 48.0 Å². The molecule has 200 valence electrons. The molecule has 1 aliphatic rings. The number of rotatable bonds is 6. The number of Topliss-reactive ketones (excluding diaryl/α,β-unsaturated/α-hetero) is 1. The molecular weight excluding hydrogens is 581 g/mol. The lowest BCUT2D eigenvalue weighted by atomic mass is 10.0. The van der Waals surface area contributed by atoms with E-state index in [1.54, 1.807) is 0 Å². The maximum absolute atomic E-state index is 14.2. The second-order valence-electron chi connectivity index (χ2n) is 8.58. The molecule has 3 N–H and O–H groups in total. The van der Waals surface area contributed by atoms with E-state index in [-0.39, 0.29) is 27.5 Å². The minimum Gasteiger partial charge on any atom is -0.396 e. The third-order valence-electron chi connectivity index (χ3n) is 6.08. The first-order chi connectivity index (χ1) is 17.6. The van der Waals surface area contributed by atoms with Crippen molar-refractivity contribution in [2.45, 2.75) is 22.8 Å². The lowest BCUT2D eigenvalue weighted by molar-refractivity contribution is -0.140. The normalized spacial score (nSPS) is 18.2. The van der Waals surface area contributed by atoms with Gasteiger partial charge in [-0.15, -0.1) is 23.2 Å². The SMILES string of the molecule is Nc1ccc(F)c(CC(=O)c2cc(NC(=O)[C@H]3[C@H](c4ccc(F)c(C(F)(F)F)c4)C3(Cl)Cl)ccc2Cl)c1F. The number of ketones is 1. The van der Waals surface area contributed by atoms with Crippen LogP contribution >= 0.6 is 34.8 Å². The van der Waals surface area contributed by atoms with Gasteiger partial charge in [-0.2, -0.15) is 13.2 Å². The number of nitrogens with one attached hydrogen (secondary N) is 1. The summed E-state index contributed by atoms with van der Waals surface area (Å²) >= 11 is 18.5. The molecule has 4 nitrogen and oxygen atoms in total. The number of hydrogen-bond donors (Lipinski definition) is 2. The van der Waals surface area contributed by atoms with Crippen LogP contribution in [0.5, 0.6) is 0 Å². The number of alkyl halides is 5. The lowest BCUT2D eigenvalue weighted by Gasteiger charge is -2.11. The molecular formula is C25H15Cl3F6N2O2. The molecule has 2 atom stereocenters. The highest BCUT2D eigenvalue weighted by atomic mass is 35.5. The van der Waals surface area contributed by atoms with Gasteiger partial charge in [0.05, 0.1) is 22.2 Å². The summed E-state index contributed by atoms with van der Waals surface area (Å²) in [5, 5.41) is 2.38. The van der Waals surface area contributed by atoms with E-state index in [0.29, 0.717) is 12.1 Å². The minimum absolute atomic E-state index is 0.0288. The standard InChI is InChI=1S/C25H15Cl3F6N2O2/c26-15-3-2-11(8-12(15)19(37)9-13-16(29)5-6-18(35)22(13)31)36-23(38)21-20(24(21,27)28)10-1-4-17(30)14(7-10)25(32,33)34/h1-8,20-21H,9,35H2,(H,36,38)/t20-,21+/m0/s1. The summed E-state index contributed by atoms with van der Waals surface area (Å²) in [5.74, 6) is -7.46. The molecule has 1 fully saturated rings. The molecule has 0 spiro atoms. The van der Waals surface area contributed by atoms with Gasteiger partial charge in [0.1, 0.15) is 16.0 Å². The number of hydrogen-bond acceptors (Lipinski definition) is 3. The number of carbonyl (C=O) groups is 2. The number of benzene rings is 3. The summed E-state index contributed by atoms with van der Waals surface area (Å²) in [6.07, 6.45) is -5.69. The van der Waals surface area contributed by atoms with E-state index in [9.17, 15) is 35.9 Å². The Morgan fingerprint density at radius 3 is 2.29 bits per heavy atom. The van der Waals surface area contributed by atoms with Crippen molar-refractivity contribution in [2.24, 2.45) is 5.92 Å². The molecule has 1 amide bonds. The molecule has 0 aromatic heterocycles. The Morgan fingerprint density at radius 2 is 1.63 bits per heavy atom. The number of nitrogen functional groups attached to an aromatic ring is 1. The first-order valence-corrected chi connectivity index (χ1v) is 11.9. The Balaban J connectivity index is 1.55. The third-order valence-corrected chi connectivity index (χ3v) is 7.35. The predicted molar refractivity (Wildman–Crippen MR) is 131 cm³/mol. The van der Waals surface area contributed by atoms with Crippen LogP contribution in [0.4, 0.5) is 37.7 Å². The fraction of sp³-hybridized carbons (Fsp3) is 0.200. The maximum atomic E-state index is 14.2. The molecule has 0 bridgehead atoms. The van der Waals surface area contributed by atoms with Crippen LogP contribution in [0.2, 0.25) is 5.02 Å². The van der Waals surface area contributed by atoms with Gasteiger partial charge >= 0.3 is 6.18 Å². The average molecular weight is 596 g/mol. The number of amides is 1. The molecule has 13 heteroatoms. The fourth-order valence-electron chi connectivity index (χ4n) is 4.09. The number of anilines is 2. The monoisotopic (exact) mass is 594 g/mol. The molecule has 0 unspecified atom stereocenters. The van der Waals surface area contributed by atoms with Gasteiger partial charge in [-0.1, -0.05) is 17.7 Å². The van der Waals surface area contributed by atoms with Crippen molar-refractivity contribution >= 4 is 57.9 Å². The van der Waals surface area contributed by atoms with Gasteiger partial charge in [0, 0.05) is 29.2 Å². The smallest absolute Gasteiger partial charge is 0.396 e. The van der Waals surface area contributed by atoms with Crippen LogP contribution in [-0.2, 0) is 17.4 Å². The van der Waals surface area contributed by atoms with Gasteiger partial charge in [0.2, 0.25) is 5.91 Å². The Bertz CT molecular complexity index is 1460. The van der Waals surface area contributed by atoms with Gasteiger partial charge < -0.3 is 11.1 Å². The van der Waals surface area contributed by atoms with Crippen molar-refractivity contribution in [3.8, 4) is 0 Å². The zero-order chi connectivity index (χ0) is 28.2. The van der Waals surface area contributed by atoms with E-state index < -0.39 is 69.0 Å². The van der Waals surface area contributed by atoms with Crippen molar-refractivity contribution in [1.29, 1.82) is 0 Å². The van der Waals surface area contributed by atoms with Crippen molar-refractivity contribution in [1.82, 2.24) is 0 Å². The van der Waals surface area contributed by atoms with Crippen LogP contribution in [0.1, 0.15) is 33.0 Å². The maximum Gasteiger partial charge on any atom is 0.419 e. The number of nitrogens with two attached hydrogens (primary N) is 1. The Kier molecular flexibility index (Phi) is 7.37. The lowest BCUT2D eigenvalue weighted by Crippen LogP contribution is -2.18. The summed E-state index contributed by atoms with van der Waals surface area (Å²) < 4.78 is 79.5. The fourth-order valence-corrected chi connectivity index (χ4v) is 5.14.